The highest BCUT2D eigenvalue weighted by Crippen LogP contribution is 2.14. The van der Waals surface area contributed by atoms with Gasteiger partial charge in [-0.2, -0.15) is 19.6 Å². The number of aromatic nitrogens is 6. The van der Waals surface area contributed by atoms with Crippen LogP contribution in [0, 0.1) is 0 Å². The van der Waals surface area contributed by atoms with Gasteiger partial charge in [0.15, 0.2) is 0 Å². The zero-order valence-corrected chi connectivity index (χ0v) is 14.1. The van der Waals surface area contributed by atoms with E-state index in [1.54, 1.807) is 7.05 Å². The van der Waals surface area contributed by atoms with E-state index in [0.29, 0.717) is 23.0 Å². The molecule has 0 aromatic carbocycles. The number of nitrogens with one attached hydrogen (secondary N) is 2. The molecule has 0 spiro atoms. The highest BCUT2D eigenvalue weighted by atomic mass is 32.2. The smallest absolute Gasteiger partial charge is 0.316 e. The van der Waals surface area contributed by atoms with E-state index in [4.69, 9.17) is 0 Å². The molecule has 11 heteroatoms. The predicted octanol–water partition coefficient (Wildman–Crippen LogP) is 0.579. The lowest BCUT2D eigenvalue weighted by Gasteiger charge is -2.10. The maximum Gasteiger partial charge on any atom is 0.316 e. The molecule has 0 radical (unpaired) electrons. The summed E-state index contributed by atoms with van der Waals surface area (Å²) in [5.41, 5.74) is 0. The highest BCUT2D eigenvalue weighted by Gasteiger charge is 2.12. The molecule has 2 aromatic rings. The van der Waals surface area contributed by atoms with Gasteiger partial charge in [-0.15, -0.1) is 5.10 Å². The van der Waals surface area contributed by atoms with E-state index in [1.165, 1.54) is 29.9 Å². The van der Waals surface area contributed by atoms with Crippen LogP contribution in [0.1, 0.15) is 13.8 Å². The molecule has 2 heterocycles. The van der Waals surface area contributed by atoms with Crippen molar-refractivity contribution in [2.24, 2.45) is 0 Å². The van der Waals surface area contributed by atoms with E-state index < -0.39 is 0 Å². The molecule has 0 saturated heterocycles. The molecule has 23 heavy (non-hydrogen) atoms. The second-order valence-corrected chi connectivity index (χ2v) is 5.61. The van der Waals surface area contributed by atoms with E-state index in [2.05, 4.69) is 40.4 Å². The Bertz CT molecular complexity index is 675. The van der Waals surface area contributed by atoms with Crippen molar-refractivity contribution in [1.82, 2.24) is 29.7 Å². The van der Waals surface area contributed by atoms with Crippen LogP contribution in [-0.4, -0.2) is 61.6 Å². The fourth-order valence-corrected chi connectivity index (χ4v) is 2.13. The number of rotatable bonds is 7. The number of carbonyl (C=O) groups excluding carboxylic acids is 1. The van der Waals surface area contributed by atoms with Gasteiger partial charge in [0, 0.05) is 13.1 Å². The molecule has 0 bridgehead atoms. The summed E-state index contributed by atoms with van der Waals surface area (Å²) >= 11 is 1.17. The van der Waals surface area contributed by atoms with Crippen molar-refractivity contribution in [2.45, 2.75) is 25.0 Å². The summed E-state index contributed by atoms with van der Waals surface area (Å²) in [5, 5.41) is 10.7. The molecule has 0 aliphatic carbocycles. The van der Waals surface area contributed by atoms with E-state index in [-0.39, 0.29) is 17.8 Å². The summed E-state index contributed by atoms with van der Waals surface area (Å²) in [6.07, 6.45) is 1.48. The summed E-state index contributed by atoms with van der Waals surface area (Å²) in [7, 11) is 3.06. The first-order valence-electron chi connectivity index (χ1n) is 6.84. The lowest BCUT2D eigenvalue weighted by Crippen LogP contribution is -2.16. The molecule has 124 valence electrons. The summed E-state index contributed by atoms with van der Waals surface area (Å²) in [5.74, 6) is 0.975. The lowest BCUT2D eigenvalue weighted by atomic mass is 10.4. The Kier molecular flexibility index (Phi) is 5.68. The molecule has 0 aliphatic rings. The first kappa shape index (κ1) is 16.9. The van der Waals surface area contributed by atoms with Crippen molar-refractivity contribution in [3.05, 3.63) is 6.33 Å². The number of hydrogen-bond acceptors (Lipinski definition) is 10. The van der Waals surface area contributed by atoms with Crippen LogP contribution in [0.3, 0.4) is 0 Å². The summed E-state index contributed by atoms with van der Waals surface area (Å²) in [6.45, 7) is 3.97. The van der Waals surface area contributed by atoms with Crippen LogP contribution < -0.4 is 10.6 Å². The van der Waals surface area contributed by atoms with Crippen molar-refractivity contribution in [2.75, 3.05) is 30.5 Å². The SMILES string of the molecule is CNc1nc(NC(C)C)nc(-n2cnc(SCC(=O)OC)n2)n1. The standard InChI is InChI=1S/C12H18N8O2S/c1-7(2)15-10-16-9(13-3)17-11(18-10)20-6-14-12(19-20)23-5-8(21)22-4/h6-7H,5H2,1-4H3,(H2,13,15,16,17,18). The maximum atomic E-state index is 11.1. The van der Waals surface area contributed by atoms with Crippen LogP contribution in [0.4, 0.5) is 11.9 Å². The number of anilines is 2. The Balaban J connectivity index is 2.20. The van der Waals surface area contributed by atoms with Crippen molar-refractivity contribution in [3.63, 3.8) is 0 Å². The van der Waals surface area contributed by atoms with Crippen LogP contribution in [0.2, 0.25) is 0 Å². The zero-order valence-electron chi connectivity index (χ0n) is 13.3. The minimum Gasteiger partial charge on any atom is -0.468 e. The van der Waals surface area contributed by atoms with Gasteiger partial charge in [0.25, 0.3) is 5.95 Å². The first-order valence-corrected chi connectivity index (χ1v) is 7.82. The average Bonchev–Trinajstić information content (AvgIpc) is 3.00. The number of hydrogen-bond donors (Lipinski definition) is 2. The van der Waals surface area contributed by atoms with E-state index in [1.807, 2.05) is 13.8 Å². The van der Waals surface area contributed by atoms with Gasteiger partial charge in [-0.3, -0.25) is 4.79 Å². The molecule has 0 fully saturated rings. The first-order chi connectivity index (χ1) is 11.0. The van der Waals surface area contributed by atoms with Crippen molar-refractivity contribution >= 4 is 29.6 Å². The molecule has 2 rings (SSSR count). The van der Waals surface area contributed by atoms with Gasteiger partial charge < -0.3 is 15.4 Å². The van der Waals surface area contributed by atoms with Crippen molar-refractivity contribution in [1.29, 1.82) is 0 Å². The largest absolute Gasteiger partial charge is 0.468 e. The molecule has 0 aliphatic heterocycles. The van der Waals surface area contributed by atoms with Crippen LogP contribution in [0.5, 0.6) is 0 Å². The third kappa shape index (κ3) is 4.77. The van der Waals surface area contributed by atoms with Crippen LogP contribution in [-0.2, 0) is 9.53 Å². The summed E-state index contributed by atoms with van der Waals surface area (Å²) in [6, 6.07) is 0.178. The van der Waals surface area contributed by atoms with Crippen LogP contribution >= 0.6 is 11.8 Å². The van der Waals surface area contributed by atoms with Gasteiger partial charge in [-0.25, -0.2) is 4.98 Å². The highest BCUT2D eigenvalue weighted by molar-refractivity contribution is 7.99. The predicted molar refractivity (Wildman–Crippen MR) is 85.8 cm³/mol. The van der Waals surface area contributed by atoms with Gasteiger partial charge in [0.05, 0.1) is 12.9 Å². The fraction of sp³-hybridized carbons (Fsp3) is 0.500. The number of methoxy groups -OCH3 is 1. The van der Waals surface area contributed by atoms with Gasteiger partial charge in [0.2, 0.25) is 17.1 Å². The zero-order chi connectivity index (χ0) is 16.8. The van der Waals surface area contributed by atoms with Gasteiger partial charge >= 0.3 is 5.97 Å². The Hall–Kier alpha value is -2.43. The molecule has 2 aromatic heterocycles. The topological polar surface area (TPSA) is 120 Å². The van der Waals surface area contributed by atoms with Gasteiger partial charge in [-0.05, 0) is 13.8 Å². The molecule has 2 N–H and O–H groups in total. The fourth-order valence-electron chi connectivity index (χ4n) is 1.49. The van der Waals surface area contributed by atoms with Gasteiger partial charge in [0.1, 0.15) is 6.33 Å². The van der Waals surface area contributed by atoms with Crippen molar-refractivity contribution in [3.8, 4) is 5.95 Å². The maximum absolute atomic E-state index is 11.1. The summed E-state index contributed by atoms with van der Waals surface area (Å²) in [4.78, 5) is 28.0. The quantitative estimate of drug-likeness (QED) is 0.548. The monoisotopic (exact) mass is 338 g/mol. The lowest BCUT2D eigenvalue weighted by molar-refractivity contribution is -0.137. The normalized spacial score (nSPS) is 10.7. The Morgan fingerprint density at radius 1 is 1.35 bits per heavy atom. The molecule has 0 unspecified atom stereocenters. The second-order valence-electron chi connectivity index (χ2n) is 4.67. The third-order valence-corrected chi connectivity index (χ3v) is 3.31. The van der Waals surface area contributed by atoms with E-state index >= 15 is 0 Å². The Labute approximate surface area is 137 Å². The second kappa shape index (κ2) is 7.72. The van der Waals surface area contributed by atoms with E-state index in [9.17, 15) is 4.79 Å². The molecular formula is C12H18N8O2S. The number of thioether (sulfide) groups is 1. The molecular weight excluding hydrogens is 320 g/mol. The van der Waals surface area contributed by atoms with Crippen LogP contribution in [0.15, 0.2) is 11.5 Å². The summed E-state index contributed by atoms with van der Waals surface area (Å²) < 4.78 is 6.00. The van der Waals surface area contributed by atoms with Crippen molar-refractivity contribution < 1.29 is 9.53 Å². The number of esters is 1. The molecule has 0 amide bonds. The number of ether oxygens (including phenoxy) is 1. The molecule has 0 atom stereocenters. The molecule has 0 saturated carbocycles. The Morgan fingerprint density at radius 3 is 2.74 bits per heavy atom. The average molecular weight is 338 g/mol. The minimum atomic E-state index is -0.340. The van der Waals surface area contributed by atoms with Crippen LogP contribution in [0.25, 0.3) is 5.95 Å². The number of nitrogens with zero attached hydrogens (tertiary/aromatic N) is 6. The third-order valence-electron chi connectivity index (χ3n) is 2.49. The van der Waals surface area contributed by atoms with Gasteiger partial charge in [-0.1, -0.05) is 11.8 Å². The molecule has 10 nitrogen and oxygen atoms in total. The van der Waals surface area contributed by atoms with E-state index in [0.717, 1.165) is 0 Å². The minimum absolute atomic E-state index is 0.139. The Morgan fingerprint density at radius 2 is 2.09 bits per heavy atom. The number of carbonyl (C=O) groups is 1.